The molecule has 15 heavy (non-hydrogen) atoms. The lowest BCUT2D eigenvalue weighted by molar-refractivity contribution is 0.167. The summed E-state index contributed by atoms with van der Waals surface area (Å²) in [6, 6.07) is 4.71. The molecule has 1 aromatic rings. The van der Waals surface area contributed by atoms with Crippen LogP contribution in [-0.4, -0.2) is 17.8 Å². The van der Waals surface area contributed by atoms with Crippen molar-refractivity contribution in [3.8, 4) is 0 Å². The minimum atomic E-state index is -0.410. The molecule has 0 aliphatic heterocycles. The van der Waals surface area contributed by atoms with Crippen LogP contribution in [0.15, 0.2) is 18.2 Å². The average molecular weight is 232 g/mol. The van der Waals surface area contributed by atoms with Crippen LogP contribution in [-0.2, 0) is 6.54 Å². The van der Waals surface area contributed by atoms with Crippen LogP contribution in [0.25, 0.3) is 0 Å². The fraction of sp³-hybridized carbons (Fsp3) is 0.455. The number of rotatable bonds is 5. The standard InChI is InChI=1S/C11H15ClFNO/c1-2-9(15)7-14-6-8-4-3-5-10(13)11(8)12/h3-5,9,14-15H,2,6-7H2,1H3. The van der Waals surface area contributed by atoms with Crippen molar-refractivity contribution < 1.29 is 9.50 Å². The number of benzene rings is 1. The third-order valence-electron chi connectivity index (χ3n) is 2.20. The summed E-state index contributed by atoms with van der Waals surface area (Å²) >= 11 is 5.76. The minimum absolute atomic E-state index is 0.149. The fourth-order valence-electron chi connectivity index (χ4n) is 1.20. The maximum absolute atomic E-state index is 13.0. The summed E-state index contributed by atoms with van der Waals surface area (Å²) in [5, 5.41) is 12.5. The van der Waals surface area contributed by atoms with Crippen molar-refractivity contribution in [1.29, 1.82) is 0 Å². The Kier molecular flexibility index (Phi) is 5.02. The third kappa shape index (κ3) is 3.78. The van der Waals surface area contributed by atoms with Crippen LogP contribution in [0.3, 0.4) is 0 Å². The Labute approximate surface area is 94.1 Å². The van der Waals surface area contributed by atoms with E-state index in [-0.39, 0.29) is 11.1 Å². The van der Waals surface area contributed by atoms with Crippen molar-refractivity contribution in [1.82, 2.24) is 5.32 Å². The molecule has 0 saturated carbocycles. The number of aliphatic hydroxyl groups excluding tert-OH is 1. The van der Waals surface area contributed by atoms with Gasteiger partial charge in [-0.1, -0.05) is 30.7 Å². The zero-order chi connectivity index (χ0) is 11.3. The molecule has 0 aliphatic rings. The smallest absolute Gasteiger partial charge is 0.142 e. The summed E-state index contributed by atoms with van der Waals surface area (Å²) in [5.74, 6) is -0.410. The van der Waals surface area contributed by atoms with Gasteiger partial charge in [-0.3, -0.25) is 0 Å². The monoisotopic (exact) mass is 231 g/mol. The molecular weight excluding hydrogens is 217 g/mol. The van der Waals surface area contributed by atoms with Gasteiger partial charge in [0.15, 0.2) is 0 Å². The highest BCUT2D eigenvalue weighted by atomic mass is 35.5. The SMILES string of the molecule is CCC(O)CNCc1cccc(F)c1Cl. The van der Waals surface area contributed by atoms with Crippen LogP contribution < -0.4 is 5.32 Å². The Morgan fingerprint density at radius 3 is 2.93 bits per heavy atom. The van der Waals surface area contributed by atoms with E-state index in [1.165, 1.54) is 6.07 Å². The largest absolute Gasteiger partial charge is 0.392 e. The van der Waals surface area contributed by atoms with Crippen LogP contribution in [0.4, 0.5) is 4.39 Å². The zero-order valence-corrected chi connectivity index (χ0v) is 9.39. The molecule has 2 N–H and O–H groups in total. The normalized spacial score (nSPS) is 12.8. The first-order chi connectivity index (χ1) is 7.15. The first-order valence-electron chi connectivity index (χ1n) is 4.96. The quantitative estimate of drug-likeness (QED) is 0.815. The molecule has 1 rings (SSSR count). The van der Waals surface area contributed by atoms with Crippen LogP contribution in [0.5, 0.6) is 0 Å². The van der Waals surface area contributed by atoms with E-state index in [9.17, 15) is 9.50 Å². The van der Waals surface area contributed by atoms with Gasteiger partial charge in [-0.15, -0.1) is 0 Å². The molecule has 0 saturated heterocycles. The van der Waals surface area contributed by atoms with Crippen molar-refractivity contribution >= 4 is 11.6 Å². The highest BCUT2D eigenvalue weighted by Gasteiger charge is 2.05. The molecule has 1 atom stereocenters. The second kappa shape index (κ2) is 6.05. The van der Waals surface area contributed by atoms with E-state index in [4.69, 9.17) is 11.6 Å². The summed E-state index contributed by atoms with van der Waals surface area (Å²) in [4.78, 5) is 0. The van der Waals surface area contributed by atoms with Crippen LogP contribution in [0.2, 0.25) is 5.02 Å². The van der Waals surface area contributed by atoms with Crippen molar-refractivity contribution in [3.63, 3.8) is 0 Å². The summed E-state index contributed by atoms with van der Waals surface area (Å²) in [6.07, 6.45) is 0.335. The Balaban J connectivity index is 2.47. The molecule has 0 radical (unpaired) electrons. The van der Waals surface area contributed by atoms with E-state index >= 15 is 0 Å². The summed E-state index contributed by atoms with van der Waals surface area (Å²) in [6.45, 7) is 2.86. The molecular formula is C11H15ClFNO. The van der Waals surface area contributed by atoms with Gasteiger partial charge >= 0.3 is 0 Å². The zero-order valence-electron chi connectivity index (χ0n) is 8.63. The Morgan fingerprint density at radius 1 is 1.53 bits per heavy atom. The third-order valence-corrected chi connectivity index (χ3v) is 2.62. The maximum atomic E-state index is 13.0. The average Bonchev–Trinajstić information content (AvgIpc) is 2.24. The summed E-state index contributed by atoms with van der Waals surface area (Å²) in [7, 11) is 0. The number of nitrogens with one attached hydrogen (secondary N) is 1. The maximum Gasteiger partial charge on any atom is 0.142 e. The van der Waals surface area contributed by atoms with Crippen molar-refractivity contribution in [2.45, 2.75) is 26.0 Å². The molecule has 2 nitrogen and oxygen atoms in total. The van der Waals surface area contributed by atoms with E-state index < -0.39 is 5.82 Å². The minimum Gasteiger partial charge on any atom is -0.392 e. The highest BCUT2D eigenvalue weighted by molar-refractivity contribution is 6.31. The molecule has 0 heterocycles. The molecule has 0 aromatic heterocycles. The summed E-state index contributed by atoms with van der Waals surface area (Å²) in [5.41, 5.74) is 0.708. The van der Waals surface area contributed by atoms with Gasteiger partial charge in [-0.05, 0) is 18.1 Å². The van der Waals surface area contributed by atoms with Gasteiger partial charge in [0.2, 0.25) is 0 Å². The van der Waals surface area contributed by atoms with E-state index in [2.05, 4.69) is 5.32 Å². The van der Waals surface area contributed by atoms with Gasteiger partial charge in [0.25, 0.3) is 0 Å². The topological polar surface area (TPSA) is 32.3 Å². The van der Waals surface area contributed by atoms with Gasteiger partial charge in [-0.2, -0.15) is 0 Å². The lowest BCUT2D eigenvalue weighted by Crippen LogP contribution is -2.25. The van der Waals surface area contributed by atoms with Gasteiger partial charge < -0.3 is 10.4 Å². The van der Waals surface area contributed by atoms with Crippen molar-refractivity contribution in [3.05, 3.63) is 34.6 Å². The van der Waals surface area contributed by atoms with Gasteiger partial charge in [0.1, 0.15) is 5.82 Å². The number of hydrogen-bond acceptors (Lipinski definition) is 2. The highest BCUT2D eigenvalue weighted by Crippen LogP contribution is 2.19. The molecule has 0 amide bonds. The molecule has 0 fully saturated rings. The van der Waals surface area contributed by atoms with Crippen molar-refractivity contribution in [2.75, 3.05) is 6.54 Å². The Bertz CT molecular complexity index is 319. The van der Waals surface area contributed by atoms with E-state index in [1.807, 2.05) is 6.92 Å². The van der Waals surface area contributed by atoms with E-state index in [0.717, 1.165) is 0 Å². The molecule has 84 valence electrons. The predicted octanol–water partition coefficient (Wildman–Crippen LogP) is 2.34. The molecule has 1 unspecified atom stereocenters. The van der Waals surface area contributed by atoms with Crippen molar-refractivity contribution in [2.24, 2.45) is 0 Å². The lowest BCUT2D eigenvalue weighted by Gasteiger charge is -2.10. The molecule has 0 spiro atoms. The van der Waals surface area contributed by atoms with Crippen LogP contribution in [0, 0.1) is 5.82 Å². The van der Waals surface area contributed by atoms with Gasteiger partial charge in [-0.25, -0.2) is 4.39 Å². The second-order valence-corrected chi connectivity index (χ2v) is 3.78. The molecule has 0 aliphatic carbocycles. The first-order valence-corrected chi connectivity index (χ1v) is 5.34. The Morgan fingerprint density at radius 2 is 2.27 bits per heavy atom. The molecule has 1 aromatic carbocycles. The van der Waals surface area contributed by atoms with Crippen LogP contribution in [0.1, 0.15) is 18.9 Å². The van der Waals surface area contributed by atoms with E-state index in [1.54, 1.807) is 12.1 Å². The van der Waals surface area contributed by atoms with Crippen LogP contribution >= 0.6 is 11.6 Å². The predicted molar refractivity (Wildman–Crippen MR) is 59.4 cm³/mol. The Hall–Kier alpha value is -0.640. The number of aliphatic hydroxyl groups is 1. The van der Waals surface area contributed by atoms with Gasteiger partial charge in [0.05, 0.1) is 11.1 Å². The second-order valence-electron chi connectivity index (χ2n) is 3.41. The first kappa shape index (κ1) is 12.4. The number of halogens is 2. The number of hydrogen-bond donors (Lipinski definition) is 2. The molecule has 4 heteroatoms. The molecule has 0 bridgehead atoms. The lowest BCUT2D eigenvalue weighted by atomic mass is 10.2. The van der Waals surface area contributed by atoms with E-state index in [0.29, 0.717) is 25.1 Å². The fourth-order valence-corrected chi connectivity index (χ4v) is 1.40. The van der Waals surface area contributed by atoms with Gasteiger partial charge in [0, 0.05) is 13.1 Å². The summed E-state index contributed by atoms with van der Waals surface area (Å²) < 4.78 is 13.0.